The molecule has 0 aromatic heterocycles. The number of carbonyl (C=O) groups is 1. The zero-order valence-electron chi connectivity index (χ0n) is 14.3. The third-order valence-corrected chi connectivity index (χ3v) is 6.80. The van der Waals surface area contributed by atoms with Crippen LogP contribution in [0.3, 0.4) is 0 Å². The van der Waals surface area contributed by atoms with Gasteiger partial charge in [0.1, 0.15) is 0 Å². The molecule has 6 heteroatoms. The van der Waals surface area contributed by atoms with Gasteiger partial charge in [0.05, 0.1) is 5.75 Å². The lowest BCUT2D eigenvalue weighted by Crippen LogP contribution is -2.39. The van der Waals surface area contributed by atoms with Gasteiger partial charge in [0.15, 0.2) is 0 Å². The van der Waals surface area contributed by atoms with Crippen LogP contribution in [-0.2, 0) is 15.8 Å². The van der Waals surface area contributed by atoms with Crippen molar-refractivity contribution in [1.29, 1.82) is 0 Å². The van der Waals surface area contributed by atoms with Crippen LogP contribution in [0.5, 0.6) is 0 Å². The lowest BCUT2D eigenvalue weighted by atomic mass is 9.99. The van der Waals surface area contributed by atoms with Crippen molar-refractivity contribution in [2.24, 2.45) is 5.92 Å². The summed E-state index contributed by atoms with van der Waals surface area (Å²) in [5.74, 6) is 0.616. The van der Waals surface area contributed by atoms with E-state index in [1.807, 2.05) is 4.90 Å². The molecule has 1 amide bonds. The fraction of sp³-hybridized carbons (Fsp3) is 0.611. The topological polar surface area (TPSA) is 57.7 Å². The van der Waals surface area contributed by atoms with Gasteiger partial charge in [-0.1, -0.05) is 19.1 Å². The number of hydrogen-bond donors (Lipinski definition) is 0. The Hall–Kier alpha value is -1.40. The van der Waals surface area contributed by atoms with Gasteiger partial charge < -0.3 is 4.90 Å². The molecule has 132 valence electrons. The molecular formula is C18H26N2O3S. The van der Waals surface area contributed by atoms with Gasteiger partial charge >= 0.3 is 0 Å². The highest BCUT2D eigenvalue weighted by molar-refractivity contribution is 7.88. The quantitative estimate of drug-likeness (QED) is 0.838. The van der Waals surface area contributed by atoms with Crippen molar-refractivity contribution in [2.45, 2.75) is 38.4 Å². The number of nitrogens with zero attached hydrogens (tertiary/aromatic N) is 2. The number of carbonyl (C=O) groups excluding carboxylic acids is 1. The smallest absolute Gasteiger partial charge is 0.253 e. The van der Waals surface area contributed by atoms with Crippen LogP contribution < -0.4 is 0 Å². The number of sulfonamides is 1. The summed E-state index contributed by atoms with van der Waals surface area (Å²) in [5, 5.41) is 0. The molecule has 24 heavy (non-hydrogen) atoms. The number of amides is 1. The first kappa shape index (κ1) is 17.4. The average molecular weight is 350 g/mol. The molecule has 2 heterocycles. The van der Waals surface area contributed by atoms with E-state index < -0.39 is 10.0 Å². The van der Waals surface area contributed by atoms with Gasteiger partial charge in [-0.05, 0) is 49.3 Å². The van der Waals surface area contributed by atoms with Crippen LogP contribution in [0.25, 0.3) is 0 Å². The summed E-state index contributed by atoms with van der Waals surface area (Å²) >= 11 is 0. The Morgan fingerprint density at radius 3 is 2.38 bits per heavy atom. The summed E-state index contributed by atoms with van der Waals surface area (Å²) in [4.78, 5) is 14.5. The van der Waals surface area contributed by atoms with E-state index in [9.17, 15) is 13.2 Å². The minimum atomic E-state index is -3.24. The van der Waals surface area contributed by atoms with Crippen molar-refractivity contribution in [2.75, 3.05) is 26.2 Å². The number of benzene rings is 1. The minimum absolute atomic E-state index is 0.0161. The van der Waals surface area contributed by atoms with E-state index in [4.69, 9.17) is 0 Å². The van der Waals surface area contributed by atoms with Crippen molar-refractivity contribution in [1.82, 2.24) is 9.21 Å². The molecule has 3 rings (SSSR count). The normalized spacial score (nSPS) is 22.7. The van der Waals surface area contributed by atoms with E-state index in [-0.39, 0.29) is 11.7 Å². The summed E-state index contributed by atoms with van der Waals surface area (Å²) in [6.45, 7) is 5.06. The van der Waals surface area contributed by atoms with Crippen LogP contribution in [0.1, 0.15) is 48.5 Å². The maximum atomic E-state index is 12.6. The van der Waals surface area contributed by atoms with Crippen molar-refractivity contribution in [3.8, 4) is 0 Å². The molecule has 0 bridgehead atoms. The van der Waals surface area contributed by atoms with E-state index in [1.54, 1.807) is 28.6 Å². The fourth-order valence-electron chi connectivity index (χ4n) is 3.57. The summed E-state index contributed by atoms with van der Waals surface area (Å²) < 4.78 is 26.3. The Labute approximate surface area is 144 Å². The van der Waals surface area contributed by atoms with E-state index in [0.717, 1.165) is 37.9 Å². The lowest BCUT2D eigenvalue weighted by Gasteiger charge is -2.31. The molecule has 0 saturated carbocycles. The standard InChI is InChI=1S/C18H26N2O3S/c1-15-5-4-10-19(13-15)18(21)17-8-6-16(7-9-17)14-24(22,23)20-11-2-3-12-20/h6-9,15H,2-5,10-14H2,1H3/t15-/m0/s1. The summed E-state index contributed by atoms with van der Waals surface area (Å²) in [6, 6.07) is 7.06. The largest absolute Gasteiger partial charge is 0.338 e. The van der Waals surface area contributed by atoms with E-state index >= 15 is 0 Å². The molecule has 1 atom stereocenters. The van der Waals surface area contributed by atoms with Crippen LogP contribution >= 0.6 is 0 Å². The molecule has 0 unspecified atom stereocenters. The first-order chi connectivity index (χ1) is 11.5. The molecule has 2 fully saturated rings. The molecule has 0 spiro atoms. The van der Waals surface area contributed by atoms with Crippen LogP contribution in [0.15, 0.2) is 24.3 Å². The predicted octanol–water partition coefficient (Wildman–Crippen LogP) is 2.48. The van der Waals surface area contributed by atoms with Crippen LogP contribution in [0.4, 0.5) is 0 Å². The molecule has 0 aliphatic carbocycles. The lowest BCUT2D eigenvalue weighted by molar-refractivity contribution is 0.0683. The molecule has 1 aromatic rings. The Morgan fingerprint density at radius 2 is 1.75 bits per heavy atom. The number of piperidine rings is 1. The molecule has 2 saturated heterocycles. The highest BCUT2D eigenvalue weighted by Gasteiger charge is 2.26. The van der Waals surface area contributed by atoms with Gasteiger partial charge in [-0.3, -0.25) is 4.79 Å². The van der Waals surface area contributed by atoms with E-state index in [0.29, 0.717) is 24.6 Å². The molecule has 0 N–H and O–H groups in total. The third kappa shape index (κ3) is 3.98. The monoisotopic (exact) mass is 350 g/mol. The second-order valence-electron chi connectivity index (χ2n) is 7.06. The van der Waals surface area contributed by atoms with E-state index in [2.05, 4.69) is 6.92 Å². The van der Waals surface area contributed by atoms with Gasteiger partial charge in [-0.2, -0.15) is 0 Å². The van der Waals surface area contributed by atoms with Crippen LogP contribution in [-0.4, -0.2) is 49.7 Å². The molecule has 1 aromatic carbocycles. The molecule has 2 aliphatic rings. The van der Waals surface area contributed by atoms with E-state index in [1.165, 1.54) is 6.42 Å². The van der Waals surface area contributed by atoms with Crippen molar-refractivity contribution >= 4 is 15.9 Å². The molecule has 5 nitrogen and oxygen atoms in total. The summed E-state index contributed by atoms with van der Waals surface area (Å²) in [5.41, 5.74) is 1.39. The SMILES string of the molecule is C[C@H]1CCCN(C(=O)c2ccc(CS(=O)(=O)N3CCCC3)cc2)C1. The van der Waals surface area contributed by atoms with Gasteiger partial charge in [0.2, 0.25) is 10.0 Å². The zero-order valence-corrected chi connectivity index (χ0v) is 15.1. The second kappa shape index (κ2) is 7.23. The number of rotatable bonds is 4. The number of hydrogen-bond acceptors (Lipinski definition) is 3. The van der Waals surface area contributed by atoms with Gasteiger partial charge in [-0.25, -0.2) is 12.7 Å². The zero-order chi connectivity index (χ0) is 17.2. The highest BCUT2D eigenvalue weighted by Crippen LogP contribution is 2.20. The van der Waals surface area contributed by atoms with Gasteiger partial charge in [-0.15, -0.1) is 0 Å². The Balaban J connectivity index is 1.65. The fourth-order valence-corrected chi connectivity index (χ4v) is 5.18. The Morgan fingerprint density at radius 1 is 1.08 bits per heavy atom. The highest BCUT2D eigenvalue weighted by atomic mass is 32.2. The first-order valence-corrected chi connectivity index (χ1v) is 10.4. The van der Waals surface area contributed by atoms with Gasteiger partial charge in [0.25, 0.3) is 5.91 Å². The maximum absolute atomic E-state index is 12.6. The summed E-state index contributed by atoms with van der Waals surface area (Å²) in [7, 11) is -3.24. The van der Waals surface area contributed by atoms with Crippen molar-refractivity contribution in [3.63, 3.8) is 0 Å². The average Bonchev–Trinajstić information content (AvgIpc) is 3.10. The summed E-state index contributed by atoms with van der Waals surface area (Å²) in [6.07, 6.45) is 4.12. The Bertz CT molecular complexity index is 679. The minimum Gasteiger partial charge on any atom is -0.338 e. The Kier molecular flexibility index (Phi) is 5.25. The third-order valence-electron chi connectivity index (χ3n) is 4.95. The second-order valence-corrected chi connectivity index (χ2v) is 9.03. The van der Waals surface area contributed by atoms with Crippen LogP contribution in [0, 0.1) is 5.92 Å². The van der Waals surface area contributed by atoms with Crippen molar-refractivity contribution < 1.29 is 13.2 Å². The van der Waals surface area contributed by atoms with Crippen LogP contribution in [0.2, 0.25) is 0 Å². The number of likely N-dealkylation sites (tertiary alicyclic amines) is 1. The molecular weight excluding hydrogens is 324 g/mol. The van der Waals surface area contributed by atoms with Gasteiger partial charge in [0, 0.05) is 31.7 Å². The first-order valence-electron chi connectivity index (χ1n) is 8.82. The molecule has 0 radical (unpaired) electrons. The van der Waals surface area contributed by atoms with Crippen molar-refractivity contribution in [3.05, 3.63) is 35.4 Å². The predicted molar refractivity (Wildman–Crippen MR) is 94.2 cm³/mol. The maximum Gasteiger partial charge on any atom is 0.253 e. The molecule has 2 aliphatic heterocycles.